The second-order valence-electron chi connectivity index (χ2n) is 5.72. The zero-order valence-electron chi connectivity index (χ0n) is 12.6. The summed E-state index contributed by atoms with van der Waals surface area (Å²) in [5, 5.41) is 16.2. The third-order valence-electron chi connectivity index (χ3n) is 4.12. The molecule has 1 heterocycles. The second kappa shape index (κ2) is 6.87. The van der Waals surface area contributed by atoms with Crippen molar-refractivity contribution in [1.29, 1.82) is 0 Å². The quantitative estimate of drug-likeness (QED) is 0.827. The van der Waals surface area contributed by atoms with Gasteiger partial charge in [-0.3, -0.25) is 4.79 Å². The van der Waals surface area contributed by atoms with Crippen molar-refractivity contribution in [3.05, 3.63) is 62.8 Å². The topological polar surface area (TPSA) is 49.3 Å². The molecule has 0 saturated heterocycles. The monoisotopic (exact) mass is 347 g/mol. The molecule has 120 valence electrons. The number of hydrogen-bond acceptors (Lipinski definition) is 3. The van der Waals surface area contributed by atoms with Crippen molar-refractivity contribution in [2.24, 2.45) is 0 Å². The number of thiophene rings is 1. The summed E-state index contributed by atoms with van der Waals surface area (Å²) in [6.07, 6.45) is 5.75. The Morgan fingerprint density at radius 2 is 2.22 bits per heavy atom. The summed E-state index contributed by atoms with van der Waals surface area (Å²) in [6.45, 7) is 0.225. The van der Waals surface area contributed by atoms with Crippen molar-refractivity contribution < 1.29 is 9.90 Å². The summed E-state index contributed by atoms with van der Waals surface area (Å²) >= 11 is 7.72. The molecule has 0 fully saturated rings. The lowest BCUT2D eigenvalue weighted by Crippen LogP contribution is -2.42. The number of hydrogen-bond donors (Lipinski definition) is 2. The highest BCUT2D eigenvalue weighted by Crippen LogP contribution is 2.37. The minimum absolute atomic E-state index is 0.225. The summed E-state index contributed by atoms with van der Waals surface area (Å²) in [5.41, 5.74) is 0.798. The fourth-order valence-electron chi connectivity index (χ4n) is 2.88. The molecule has 1 aromatic carbocycles. The van der Waals surface area contributed by atoms with Gasteiger partial charge in [0.15, 0.2) is 0 Å². The summed E-state index contributed by atoms with van der Waals surface area (Å²) in [6, 6.07) is 9.30. The molecule has 0 aliphatic heterocycles. The molecule has 1 aliphatic carbocycles. The van der Waals surface area contributed by atoms with E-state index in [0.717, 1.165) is 24.0 Å². The molecular weight excluding hydrogens is 330 g/mol. The Kier molecular flexibility index (Phi) is 4.85. The Morgan fingerprint density at radius 1 is 1.39 bits per heavy atom. The standard InChI is InChI=1S/C18H18ClNO2S/c19-15-5-2-1-4-13(15)7-8-17(21)20-12-18(22)10-3-6-16-14(18)9-11-23-16/h1-2,4-5,7-9,11,22H,3,6,10,12H2,(H,20,21)/b8-7+. The largest absolute Gasteiger partial charge is 0.383 e. The van der Waals surface area contributed by atoms with Crippen LogP contribution in [0.1, 0.15) is 28.8 Å². The van der Waals surface area contributed by atoms with E-state index >= 15 is 0 Å². The Hall–Kier alpha value is -1.62. The molecule has 3 rings (SSSR count). The zero-order valence-corrected chi connectivity index (χ0v) is 14.2. The van der Waals surface area contributed by atoms with Gasteiger partial charge in [0, 0.05) is 16.0 Å². The summed E-state index contributed by atoms with van der Waals surface area (Å²) in [7, 11) is 0. The van der Waals surface area contributed by atoms with Crippen LogP contribution in [0.3, 0.4) is 0 Å². The van der Waals surface area contributed by atoms with Crippen molar-refractivity contribution in [1.82, 2.24) is 5.32 Å². The molecule has 1 aromatic heterocycles. The molecule has 1 unspecified atom stereocenters. The lowest BCUT2D eigenvalue weighted by atomic mass is 9.83. The van der Waals surface area contributed by atoms with Crippen LogP contribution in [0.25, 0.3) is 6.08 Å². The van der Waals surface area contributed by atoms with E-state index in [9.17, 15) is 9.90 Å². The summed E-state index contributed by atoms with van der Waals surface area (Å²) in [5.74, 6) is -0.235. The SMILES string of the molecule is O=C(/C=C/c1ccccc1Cl)NCC1(O)CCCc2sccc21. The van der Waals surface area contributed by atoms with Crippen molar-refractivity contribution in [3.8, 4) is 0 Å². The third-order valence-corrected chi connectivity index (χ3v) is 5.44. The van der Waals surface area contributed by atoms with Gasteiger partial charge in [0.1, 0.15) is 5.60 Å². The molecule has 2 aromatic rings. The number of carbonyl (C=O) groups excluding carboxylic acids is 1. The van der Waals surface area contributed by atoms with Crippen molar-refractivity contribution in [3.63, 3.8) is 0 Å². The molecule has 3 nitrogen and oxygen atoms in total. The Labute approximate surface area is 144 Å². The van der Waals surface area contributed by atoms with Crippen LogP contribution in [0.15, 0.2) is 41.8 Å². The molecule has 1 atom stereocenters. The number of aliphatic hydroxyl groups is 1. The summed E-state index contributed by atoms with van der Waals surface area (Å²) < 4.78 is 0. The molecule has 1 aliphatic rings. The number of carbonyl (C=O) groups is 1. The van der Waals surface area contributed by atoms with E-state index < -0.39 is 5.60 Å². The fraction of sp³-hybridized carbons (Fsp3) is 0.278. The van der Waals surface area contributed by atoms with E-state index in [1.165, 1.54) is 11.0 Å². The predicted octanol–water partition coefficient (Wildman–Crippen LogP) is 3.76. The molecule has 2 N–H and O–H groups in total. The van der Waals surface area contributed by atoms with Gasteiger partial charge in [-0.2, -0.15) is 0 Å². The van der Waals surface area contributed by atoms with Crippen LogP contribution in [0.2, 0.25) is 5.02 Å². The number of amides is 1. The maximum Gasteiger partial charge on any atom is 0.244 e. The Morgan fingerprint density at radius 3 is 3.04 bits per heavy atom. The maximum absolute atomic E-state index is 12.0. The zero-order chi connectivity index (χ0) is 16.3. The van der Waals surface area contributed by atoms with Gasteiger partial charge >= 0.3 is 0 Å². The van der Waals surface area contributed by atoms with Gasteiger partial charge in [0.25, 0.3) is 0 Å². The lowest BCUT2D eigenvalue weighted by molar-refractivity contribution is -0.118. The van der Waals surface area contributed by atoms with E-state index in [1.54, 1.807) is 23.5 Å². The Balaban J connectivity index is 1.63. The van der Waals surface area contributed by atoms with Gasteiger partial charge < -0.3 is 10.4 Å². The first-order valence-electron chi connectivity index (χ1n) is 7.58. The first kappa shape index (κ1) is 16.2. The minimum Gasteiger partial charge on any atom is -0.383 e. The summed E-state index contributed by atoms with van der Waals surface area (Å²) in [4.78, 5) is 13.2. The molecule has 0 radical (unpaired) electrons. The van der Waals surface area contributed by atoms with Gasteiger partial charge in [-0.05, 0) is 54.0 Å². The highest BCUT2D eigenvalue weighted by atomic mass is 35.5. The van der Waals surface area contributed by atoms with E-state index in [0.29, 0.717) is 11.4 Å². The molecule has 0 saturated carbocycles. The van der Waals surface area contributed by atoms with Gasteiger partial charge in [-0.1, -0.05) is 29.8 Å². The predicted molar refractivity (Wildman–Crippen MR) is 94.6 cm³/mol. The van der Waals surface area contributed by atoms with Gasteiger partial charge in [-0.15, -0.1) is 11.3 Å². The average molecular weight is 348 g/mol. The van der Waals surface area contributed by atoms with Crippen molar-refractivity contribution in [2.75, 3.05) is 6.54 Å². The van der Waals surface area contributed by atoms with Crippen LogP contribution in [0.5, 0.6) is 0 Å². The van der Waals surface area contributed by atoms with Gasteiger partial charge in [0.2, 0.25) is 5.91 Å². The van der Waals surface area contributed by atoms with Gasteiger partial charge in [0.05, 0.1) is 6.54 Å². The number of nitrogens with one attached hydrogen (secondary N) is 1. The highest BCUT2D eigenvalue weighted by molar-refractivity contribution is 7.10. The smallest absolute Gasteiger partial charge is 0.244 e. The molecule has 0 spiro atoms. The minimum atomic E-state index is -0.957. The van der Waals surface area contributed by atoms with Crippen molar-refractivity contribution in [2.45, 2.75) is 24.9 Å². The van der Waals surface area contributed by atoms with E-state index in [1.807, 2.05) is 29.6 Å². The number of aryl methyl sites for hydroxylation is 1. The molecule has 1 amide bonds. The van der Waals surface area contributed by atoms with Crippen LogP contribution in [0, 0.1) is 0 Å². The van der Waals surface area contributed by atoms with Crippen molar-refractivity contribution >= 4 is 34.9 Å². The maximum atomic E-state index is 12.0. The van der Waals surface area contributed by atoms with Crippen LogP contribution in [0.4, 0.5) is 0 Å². The molecule has 5 heteroatoms. The molecule has 23 heavy (non-hydrogen) atoms. The van der Waals surface area contributed by atoms with Crippen LogP contribution < -0.4 is 5.32 Å². The van der Waals surface area contributed by atoms with Gasteiger partial charge in [-0.25, -0.2) is 0 Å². The first-order chi connectivity index (χ1) is 11.1. The number of rotatable bonds is 4. The number of fused-ring (bicyclic) bond motifs is 1. The highest BCUT2D eigenvalue weighted by Gasteiger charge is 2.35. The Bertz CT molecular complexity index is 740. The van der Waals surface area contributed by atoms with Crippen LogP contribution in [-0.4, -0.2) is 17.6 Å². The van der Waals surface area contributed by atoms with E-state index in [4.69, 9.17) is 11.6 Å². The average Bonchev–Trinajstić information content (AvgIpc) is 3.03. The number of halogens is 1. The second-order valence-corrected chi connectivity index (χ2v) is 7.12. The van der Waals surface area contributed by atoms with E-state index in [-0.39, 0.29) is 12.5 Å². The number of benzene rings is 1. The first-order valence-corrected chi connectivity index (χ1v) is 8.84. The lowest BCUT2D eigenvalue weighted by Gasteiger charge is -2.32. The van der Waals surface area contributed by atoms with Crippen LogP contribution >= 0.6 is 22.9 Å². The fourth-order valence-corrected chi connectivity index (χ4v) is 4.09. The van der Waals surface area contributed by atoms with Crippen LogP contribution in [-0.2, 0) is 16.8 Å². The van der Waals surface area contributed by atoms with E-state index in [2.05, 4.69) is 5.32 Å². The normalized spacial score (nSPS) is 20.4. The molecule has 0 bridgehead atoms. The third kappa shape index (κ3) is 3.66. The molecular formula is C18H18ClNO2S.